The SMILES string of the molecule is CCc1ccc(C=NN(Cc2ccccc2)Cc2ccc(C(F)(F)F)cc2)o1. The average Bonchev–Trinajstić information content (AvgIpc) is 3.15. The van der Waals surface area contributed by atoms with Crippen LogP contribution in [0.2, 0.25) is 0 Å². The molecule has 6 heteroatoms. The van der Waals surface area contributed by atoms with Crippen molar-refractivity contribution >= 4 is 6.21 Å². The first-order valence-corrected chi connectivity index (χ1v) is 9.02. The minimum atomic E-state index is -4.34. The van der Waals surface area contributed by atoms with Gasteiger partial charge in [-0.05, 0) is 35.4 Å². The van der Waals surface area contributed by atoms with Crippen LogP contribution >= 0.6 is 0 Å². The van der Waals surface area contributed by atoms with E-state index in [1.807, 2.05) is 49.4 Å². The predicted octanol–water partition coefficient (Wildman–Crippen LogP) is 5.90. The number of hydrazone groups is 1. The average molecular weight is 386 g/mol. The number of hydrogen-bond acceptors (Lipinski definition) is 3. The fourth-order valence-corrected chi connectivity index (χ4v) is 2.73. The summed E-state index contributed by atoms with van der Waals surface area (Å²) in [5.74, 6) is 1.51. The Kier molecular flexibility index (Phi) is 6.19. The molecular weight excluding hydrogens is 365 g/mol. The van der Waals surface area contributed by atoms with Crippen molar-refractivity contribution in [2.24, 2.45) is 5.10 Å². The molecule has 0 radical (unpaired) electrons. The molecule has 146 valence electrons. The van der Waals surface area contributed by atoms with E-state index in [9.17, 15) is 13.2 Å². The van der Waals surface area contributed by atoms with Gasteiger partial charge in [0.25, 0.3) is 0 Å². The van der Waals surface area contributed by atoms with Crippen LogP contribution in [0, 0.1) is 0 Å². The van der Waals surface area contributed by atoms with Crippen LogP contribution in [0.5, 0.6) is 0 Å². The van der Waals surface area contributed by atoms with Crippen LogP contribution in [0.25, 0.3) is 0 Å². The molecular formula is C22H21F3N2O. The minimum Gasteiger partial charge on any atom is -0.460 e. The number of furan rings is 1. The topological polar surface area (TPSA) is 28.7 Å². The molecule has 0 saturated carbocycles. The number of alkyl halides is 3. The molecule has 0 atom stereocenters. The lowest BCUT2D eigenvalue weighted by atomic mass is 10.1. The molecule has 0 amide bonds. The van der Waals surface area contributed by atoms with Crippen molar-refractivity contribution in [1.82, 2.24) is 5.01 Å². The molecule has 2 aromatic carbocycles. The standard InChI is InChI=1S/C22H21F3N2O/c1-2-20-12-13-21(28-20)14-26-27(15-17-6-4-3-5-7-17)16-18-8-10-19(11-9-18)22(23,24)25/h3-14H,2,15-16H2,1H3. The van der Waals surface area contributed by atoms with Crippen LogP contribution in [-0.2, 0) is 25.7 Å². The molecule has 1 heterocycles. The van der Waals surface area contributed by atoms with Crippen molar-refractivity contribution in [1.29, 1.82) is 0 Å². The van der Waals surface area contributed by atoms with E-state index < -0.39 is 11.7 Å². The first kappa shape index (κ1) is 19.7. The number of nitrogens with zero attached hydrogens (tertiary/aromatic N) is 2. The van der Waals surface area contributed by atoms with Gasteiger partial charge in [0, 0.05) is 6.42 Å². The van der Waals surface area contributed by atoms with Gasteiger partial charge in [0.2, 0.25) is 0 Å². The van der Waals surface area contributed by atoms with Crippen LogP contribution in [0.15, 0.2) is 76.2 Å². The summed E-state index contributed by atoms with van der Waals surface area (Å²) >= 11 is 0. The summed E-state index contributed by atoms with van der Waals surface area (Å²) in [7, 11) is 0. The van der Waals surface area contributed by atoms with Gasteiger partial charge < -0.3 is 4.42 Å². The van der Waals surface area contributed by atoms with Crippen LogP contribution in [-0.4, -0.2) is 11.2 Å². The molecule has 0 aliphatic heterocycles. The highest BCUT2D eigenvalue weighted by Gasteiger charge is 2.29. The van der Waals surface area contributed by atoms with Gasteiger partial charge in [-0.2, -0.15) is 18.3 Å². The molecule has 0 aliphatic carbocycles. The highest BCUT2D eigenvalue weighted by Crippen LogP contribution is 2.29. The highest BCUT2D eigenvalue weighted by atomic mass is 19.4. The molecule has 0 aliphatic rings. The van der Waals surface area contributed by atoms with E-state index in [4.69, 9.17) is 4.42 Å². The van der Waals surface area contributed by atoms with Gasteiger partial charge in [-0.3, -0.25) is 5.01 Å². The van der Waals surface area contributed by atoms with Gasteiger partial charge in [-0.15, -0.1) is 0 Å². The Hall–Kier alpha value is -3.02. The summed E-state index contributed by atoms with van der Waals surface area (Å²) in [6, 6.07) is 18.7. The Morgan fingerprint density at radius 2 is 1.54 bits per heavy atom. The number of rotatable bonds is 7. The van der Waals surface area contributed by atoms with Gasteiger partial charge in [0.05, 0.1) is 24.9 Å². The van der Waals surface area contributed by atoms with Crippen molar-refractivity contribution in [2.75, 3.05) is 0 Å². The second-order valence-corrected chi connectivity index (χ2v) is 6.41. The van der Waals surface area contributed by atoms with E-state index in [2.05, 4.69) is 5.10 Å². The lowest BCUT2D eigenvalue weighted by Gasteiger charge is -2.19. The number of halogens is 3. The summed E-state index contributed by atoms with van der Waals surface area (Å²) in [6.07, 6.45) is -1.91. The van der Waals surface area contributed by atoms with E-state index in [1.54, 1.807) is 11.2 Å². The zero-order valence-electron chi connectivity index (χ0n) is 15.5. The van der Waals surface area contributed by atoms with E-state index in [0.29, 0.717) is 18.8 Å². The van der Waals surface area contributed by atoms with Crippen molar-refractivity contribution in [3.05, 3.63) is 94.9 Å². The molecule has 0 spiro atoms. The molecule has 3 aromatic rings. The van der Waals surface area contributed by atoms with Crippen LogP contribution < -0.4 is 0 Å². The molecule has 0 bridgehead atoms. The quantitative estimate of drug-likeness (QED) is 0.374. The van der Waals surface area contributed by atoms with Gasteiger partial charge in [0.1, 0.15) is 11.5 Å². The Morgan fingerprint density at radius 3 is 2.11 bits per heavy atom. The monoisotopic (exact) mass is 386 g/mol. The van der Waals surface area contributed by atoms with E-state index in [0.717, 1.165) is 35.4 Å². The Bertz CT molecular complexity index is 900. The summed E-state index contributed by atoms with van der Waals surface area (Å²) < 4.78 is 43.9. The molecule has 3 nitrogen and oxygen atoms in total. The Balaban J connectivity index is 1.77. The fourth-order valence-electron chi connectivity index (χ4n) is 2.73. The van der Waals surface area contributed by atoms with Gasteiger partial charge in [0.15, 0.2) is 0 Å². The lowest BCUT2D eigenvalue weighted by Crippen LogP contribution is -2.17. The fraction of sp³-hybridized carbons (Fsp3) is 0.227. The summed E-state index contributed by atoms with van der Waals surface area (Å²) in [5, 5.41) is 6.29. The third-order valence-corrected chi connectivity index (χ3v) is 4.23. The second kappa shape index (κ2) is 8.78. The van der Waals surface area contributed by atoms with Crippen molar-refractivity contribution in [3.63, 3.8) is 0 Å². The smallest absolute Gasteiger partial charge is 0.416 e. The number of hydrogen-bond donors (Lipinski definition) is 0. The molecule has 0 saturated heterocycles. The first-order chi connectivity index (χ1) is 13.4. The zero-order chi connectivity index (χ0) is 20.0. The minimum absolute atomic E-state index is 0.380. The Morgan fingerprint density at radius 1 is 0.893 bits per heavy atom. The van der Waals surface area contributed by atoms with Crippen molar-refractivity contribution in [3.8, 4) is 0 Å². The molecule has 0 fully saturated rings. The first-order valence-electron chi connectivity index (χ1n) is 9.02. The zero-order valence-corrected chi connectivity index (χ0v) is 15.5. The van der Waals surface area contributed by atoms with Crippen LogP contribution in [0.3, 0.4) is 0 Å². The van der Waals surface area contributed by atoms with Crippen molar-refractivity contribution < 1.29 is 17.6 Å². The third kappa shape index (κ3) is 5.49. The van der Waals surface area contributed by atoms with Crippen molar-refractivity contribution in [2.45, 2.75) is 32.6 Å². The Labute approximate surface area is 162 Å². The molecule has 0 N–H and O–H groups in total. The largest absolute Gasteiger partial charge is 0.460 e. The van der Waals surface area contributed by atoms with Crippen LogP contribution in [0.4, 0.5) is 13.2 Å². The second-order valence-electron chi connectivity index (χ2n) is 6.41. The van der Waals surface area contributed by atoms with Crippen LogP contribution in [0.1, 0.15) is 35.1 Å². The highest BCUT2D eigenvalue weighted by molar-refractivity contribution is 5.75. The maximum atomic E-state index is 12.8. The predicted molar refractivity (Wildman–Crippen MR) is 103 cm³/mol. The number of aryl methyl sites for hydroxylation is 1. The van der Waals surface area contributed by atoms with Gasteiger partial charge >= 0.3 is 6.18 Å². The normalized spacial score (nSPS) is 11.9. The van der Waals surface area contributed by atoms with E-state index in [-0.39, 0.29) is 0 Å². The van der Waals surface area contributed by atoms with Gasteiger partial charge in [-0.1, -0.05) is 49.4 Å². The molecule has 3 rings (SSSR count). The molecule has 0 unspecified atom stereocenters. The van der Waals surface area contributed by atoms with E-state index >= 15 is 0 Å². The lowest BCUT2D eigenvalue weighted by molar-refractivity contribution is -0.137. The summed E-state index contributed by atoms with van der Waals surface area (Å²) in [5.41, 5.74) is 1.15. The van der Waals surface area contributed by atoms with E-state index in [1.165, 1.54) is 12.1 Å². The maximum Gasteiger partial charge on any atom is 0.416 e. The molecule has 28 heavy (non-hydrogen) atoms. The summed E-state index contributed by atoms with van der Waals surface area (Å²) in [6.45, 7) is 2.91. The van der Waals surface area contributed by atoms with Gasteiger partial charge in [-0.25, -0.2) is 0 Å². The number of benzene rings is 2. The third-order valence-electron chi connectivity index (χ3n) is 4.23. The summed E-state index contributed by atoms with van der Waals surface area (Å²) in [4.78, 5) is 0. The molecule has 1 aromatic heterocycles. The maximum absolute atomic E-state index is 12.8.